The van der Waals surface area contributed by atoms with Crippen LogP contribution in [-0.4, -0.2) is 29.3 Å². The van der Waals surface area contributed by atoms with Crippen molar-refractivity contribution in [2.45, 2.75) is 6.92 Å². The topological polar surface area (TPSA) is 67.9 Å². The van der Waals surface area contributed by atoms with Gasteiger partial charge in [0.15, 0.2) is 10.9 Å². The highest BCUT2D eigenvalue weighted by atomic mass is 32.2. The summed E-state index contributed by atoms with van der Waals surface area (Å²) in [6, 6.07) is 19.7. The number of carbonyl (C=O) groups excluding carboxylic acids is 2. The van der Waals surface area contributed by atoms with Gasteiger partial charge < -0.3 is 14.8 Å². The predicted octanol–water partition coefficient (Wildman–Crippen LogP) is 5.65. The van der Waals surface area contributed by atoms with Gasteiger partial charge in [-0.05, 0) is 79.2 Å². The van der Waals surface area contributed by atoms with Crippen LogP contribution in [0, 0.1) is 5.82 Å². The first-order valence-corrected chi connectivity index (χ1v) is 11.9. The normalized spacial score (nSPS) is 14.3. The molecule has 6 nitrogen and oxygen atoms in total. The standard InChI is InChI=1S/C26H21FN2O4S2/c1-2-32-21-12-8-19(9-13-21)28-24(30)16-33-22-5-3-4-17(14-22)15-23-25(31)29(26(34)35-23)20-10-6-18(27)7-11-20/h3-15H,2,16H2,1H3,(H,28,30)/b23-15-. The number of carbonyl (C=O) groups is 2. The number of thiocarbonyl (C=S) groups is 1. The number of nitrogens with zero attached hydrogens (tertiary/aromatic N) is 1. The molecule has 178 valence electrons. The van der Waals surface area contributed by atoms with E-state index in [9.17, 15) is 14.0 Å². The zero-order chi connectivity index (χ0) is 24.8. The summed E-state index contributed by atoms with van der Waals surface area (Å²) in [5.41, 5.74) is 1.86. The van der Waals surface area contributed by atoms with E-state index in [1.54, 1.807) is 48.5 Å². The molecule has 0 aliphatic carbocycles. The van der Waals surface area contributed by atoms with Crippen LogP contribution in [-0.2, 0) is 9.59 Å². The van der Waals surface area contributed by atoms with E-state index < -0.39 is 0 Å². The van der Waals surface area contributed by atoms with Crippen LogP contribution in [0.15, 0.2) is 77.7 Å². The first-order chi connectivity index (χ1) is 16.9. The third kappa shape index (κ3) is 6.26. The summed E-state index contributed by atoms with van der Waals surface area (Å²) in [5.74, 6) is 0.231. The van der Waals surface area contributed by atoms with Gasteiger partial charge in [0.1, 0.15) is 17.3 Å². The van der Waals surface area contributed by atoms with Gasteiger partial charge in [0.05, 0.1) is 17.2 Å². The van der Waals surface area contributed by atoms with E-state index in [0.717, 1.165) is 5.75 Å². The minimum absolute atomic E-state index is 0.177. The Morgan fingerprint density at radius 2 is 1.80 bits per heavy atom. The number of ether oxygens (including phenoxy) is 2. The van der Waals surface area contributed by atoms with Crippen molar-refractivity contribution in [2.75, 3.05) is 23.4 Å². The molecule has 0 aromatic heterocycles. The molecular formula is C26H21FN2O4S2. The van der Waals surface area contributed by atoms with E-state index in [-0.39, 0.29) is 24.2 Å². The number of amides is 2. The molecule has 0 atom stereocenters. The molecule has 0 saturated carbocycles. The lowest BCUT2D eigenvalue weighted by atomic mass is 10.2. The number of hydrogen-bond donors (Lipinski definition) is 1. The number of halogens is 1. The molecule has 0 unspecified atom stereocenters. The molecule has 3 aromatic rings. The van der Waals surface area contributed by atoms with Crippen molar-refractivity contribution >= 4 is 57.6 Å². The molecule has 35 heavy (non-hydrogen) atoms. The molecule has 1 aliphatic heterocycles. The SMILES string of the molecule is CCOc1ccc(NC(=O)COc2cccc(/C=C3\SC(=S)N(c4ccc(F)cc4)C3=O)c2)cc1. The third-order valence-electron chi connectivity index (χ3n) is 4.85. The molecule has 0 radical (unpaired) electrons. The number of hydrogen-bond acceptors (Lipinski definition) is 6. The van der Waals surface area contributed by atoms with Crippen molar-refractivity contribution in [3.05, 3.63) is 89.1 Å². The highest BCUT2D eigenvalue weighted by Crippen LogP contribution is 2.36. The first kappa shape index (κ1) is 24.4. The fourth-order valence-electron chi connectivity index (χ4n) is 3.27. The second kappa shape index (κ2) is 11.2. The number of anilines is 2. The van der Waals surface area contributed by atoms with Crippen molar-refractivity contribution < 1.29 is 23.5 Å². The maximum atomic E-state index is 13.2. The van der Waals surface area contributed by atoms with Crippen LogP contribution >= 0.6 is 24.0 Å². The Bertz CT molecular complexity index is 1280. The summed E-state index contributed by atoms with van der Waals surface area (Å²) in [6.07, 6.45) is 1.70. The molecule has 9 heteroatoms. The van der Waals surface area contributed by atoms with Gasteiger partial charge in [-0.15, -0.1) is 0 Å². The van der Waals surface area contributed by atoms with E-state index in [2.05, 4.69) is 5.32 Å². The fourth-order valence-corrected chi connectivity index (χ4v) is 4.57. The second-order valence-electron chi connectivity index (χ2n) is 7.36. The third-order valence-corrected chi connectivity index (χ3v) is 6.16. The van der Waals surface area contributed by atoms with E-state index in [0.29, 0.717) is 38.5 Å². The lowest BCUT2D eigenvalue weighted by Crippen LogP contribution is -2.27. The molecule has 1 aliphatic rings. The zero-order valence-corrected chi connectivity index (χ0v) is 20.3. The Balaban J connectivity index is 1.38. The highest BCUT2D eigenvalue weighted by Gasteiger charge is 2.33. The van der Waals surface area contributed by atoms with Crippen LogP contribution in [0.5, 0.6) is 11.5 Å². The van der Waals surface area contributed by atoms with Gasteiger partial charge in [-0.2, -0.15) is 0 Å². The van der Waals surface area contributed by atoms with Crippen LogP contribution < -0.4 is 19.7 Å². The Morgan fingerprint density at radius 1 is 1.06 bits per heavy atom. The first-order valence-electron chi connectivity index (χ1n) is 10.7. The molecule has 1 N–H and O–H groups in total. The Morgan fingerprint density at radius 3 is 2.51 bits per heavy atom. The van der Waals surface area contributed by atoms with Crippen LogP contribution in [0.3, 0.4) is 0 Å². The van der Waals surface area contributed by atoms with Crippen LogP contribution in [0.1, 0.15) is 12.5 Å². The highest BCUT2D eigenvalue weighted by molar-refractivity contribution is 8.27. The van der Waals surface area contributed by atoms with Crippen molar-refractivity contribution in [3.8, 4) is 11.5 Å². The molecule has 4 rings (SSSR count). The van der Waals surface area contributed by atoms with Crippen molar-refractivity contribution in [1.29, 1.82) is 0 Å². The van der Waals surface area contributed by atoms with E-state index in [1.807, 2.05) is 13.0 Å². The molecule has 1 heterocycles. The van der Waals surface area contributed by atoms with Gasteiger partial charge in [-0.1, -0.05) is 36.1 Å². The Labute approximate surface area is 211 Å². The molecular weight excluding hydrogens is 487 g/mol. The molecule has 1 saturated heterocycles. The van der Waals surface area contributed by atoms with Crippen molar-refractivity contribution in [3.63, 3.8) is 0 Å². The fraction of sp³-hybridized carbons (Fsp3) is 0.115. The van der Waals surface area contributed by atoms with Crippen LogP contribution in [0.2, 0.25) is 0 Å². The minimum atomic E-state index is -0.389. The number of rotatable bonds is 8. The largest absolute Gasteiger partial charge is 0.494 e. The van der Waals surface area contributed by atoms with Gasteiger partial charge >= 0.3 is 0 Å². The van der Waals surface area contributed by atoms with Gasteiger partial charge in [0.25, 0.3) is 11.8 Å². The molecule has 3 aromatic carbocycles. The Hall–Kier alpha value is -3.69. The number of thioether (sulfide) groups is 1. The minimum Gasteiger partial charge on any atom is -0.494 e. The summed E-state index contributed by atoms with van der Waals surface area (Å²) in [4.78, 5) is 27.0. The van der Waals surface area contributed by atoms with E-state index >= 15 is 0 Å². The second-order valence-corrected chi connectivity index (χ2v) is 9.04. The molecule has 2 amide bonds. The quantitative estimate of drug-likeness (QED) is 0.313. The van der Waals surface area contributed by atoms with Gasteiger partial charge in [-0.25, -0.2) is 4.39 Å². The lowest BCUT2D eigenvalue weighted by Gasteiger charge is -2.14. The van der Waals surface area contributed by atoms with Crippen LogP contribution in [0.4, 0.5) is 15.8 Å². The monoisotopic (exact) mass is 508 g/mol. The van der Waals surface area contributed by atoms with Crippen molar-refractivity contribution in [2.24, 2.45) is 0 Å². The molecule has 0 bridgehead atoms. The predicted molar refractivity (Wildman–Crippen MR) is 140 cm³/mol. The number of nitrogens with one attached hydrogen (secondary N) is 1. The summed E-state index contributed by atoms with van der Waals surface area (Å²) in [7, 11) is 0. The summed E-state index contributed by atoms with van der Waals surface area (Å²) >= 11 is 6.52. The Kier molecular flexibility index (Phi) is 7.79. The number of benzene rings is 3. The van der Waals surface area contributed by atoms with Crippen molar-refractivity contribution in [1.82, 2.24) is 0 Å². The van der Waals surface area contributed by atoms with Gasteiger partial charge in [-0.3, -0.25) is 14.5 Å². The van der Waals surface area contributed by atoms with Gasteiger partial charge in [0.2, 0.25) is 0 Å². The average Bonchev–Trinajstić information content (AvgIpc) is 3.12. The summed E-state index contributed by atoms with van der Waals surface area (Å²) in [5, 5.41) is 2.77. The summed E-state index contributed by atoms with van der Waals surface area (Å²) < 4.78 is 24.6. The van der Waals surface area contributed by atoms with Gasteiger partial charge in [0, 0.05) is 5.69 Å². The smallest absolute Gasteiger partial charge is 0.270 e. The lowest BCUT2D eigenvalue weighted by molar-refractivity contribution is -0.118. The molecule has 0 spiro atoms. The zero-order valence-electron chi connectivity index (χ0n) is 18.7. The molecule has 1 fully saturated rings. The summed E-state index contributed by atoms with van der Waals surface area (Å²) in [6.45, 7) is 2.30. The average molecular weight is 509 g/mol. The van der Waals surface area contributed by atoms with E-state index in [1.165, 1.54) is 40.9 Å². The maximum Gasteiger partial charge on any atom is 0.270 e. The maximum absolute atomic E-state index is 13.2. The van der Waals surface area contributed by atoms with Crippen LogP contribution in [0.25, 0.3) is 6.08 Å². The van der Waals surface area contributed by atoms with E-state index in [4.69, 9.17) is 21.7 Å².